The number of fused-ring (bicyclic) bond motifs is 2. The van der Waals surface area contributed by atoms with E-state index in [1.165, 1.54) is 6.33 Å². The zero-order valence-corrected chi connectivity index (χ0v) is 18.5. The summed E-state index contributed by atoms with van der Waals surface area (Å²) < 4.78 is 14.5. The number of anilines is 2. The quantitative estimate of drug-likeness (QED) is 0.410. The molecule has 4 heterocycles. The molecular weight excluding hydrogens is 440 g/mol. The molecule has 0 aliphatic carbocycles. The van der Waals surface area contributed by atoms with Crippen molar-refractivity contribution >= 4 is 44.0 Å². The molecule has 1 fully saturated rings. The number of aliphatic hydroxyl groups is 1. The fourth-order valence-electron chi connectivity index (χ4n) is 3.95. The molecule has 5 aromatic rings. The third-order valence-electron chi connectivity index (χ3n) is 5.61. The lowest BCUT2D eigenvalue weighted by Gasteiger charge is -2.19. The largest absolute Gasteiger partial charge is 0.484 e. The van der Waals surface area contributed by atoms with E-state index < -0.39 is 12.2 Å². The summed E-state index contributed by atoms with van der Waals surface area (Å²) in [5.41, 5.74) is 6.24. The predicted octanol–water partition coefficient (Wildman–Crippen LogP) is 3.52. The number of benzene rings is 2. The average molecular weight is 461 g/mol. The molecule has 0 spiro atoms. The Labute approximate surface area is 192 Å². The lowest BCUT2D eigenvalue weighted by atomic mass is 10.1. The van der Waals surface area contributed by atoms with Crippen molar-refractivity contribution in [2.45, 2.75) is 12.2 Å². The number of nitrogens with one attached hydrogen (secondary N) is 1. The summed E-state index contributed by atoms with van der Waals surface area (Å²) in [6.07, 6.45) is 4.09. The molecular formula is C23H20N6O3S. The molecule has 2 N–H and O–H groups in total. The van der Waals surface area contributed by atoms with E-state index in [1.54, 1.807) is 22.2 Å². The monoisotopic (exact) mass is 460 g/mol. The van der Waals surface area contributed by atoms with Crippen molar-refractivity contribution in [3.8, 4) is 16.9 Å². The van der Waals surface area contributed by atoms with E-state index in [2.05, 4.69) is 25.4 Å². The van der Waals surface area contributed by atoms with E-state index in [4.69, 9.17) is 9.47 Å². The summed E-state index contributed by atoms with van der Waals surface area (Å²) in [7, 11) is 1.87. The summed E-state index contributed by atoms with van der Waals surface area (Å²) in [5.74, 6) is 1.19. The smallest absolute Gasteiger partial charge is 0.150 e. The first-order valence-electron chi connectivity index (χ1n) is 10.4. The first kappa shape index (κ1) is 20.0. The SMILES string of the molecule is Cn1cc(-c2cc(O[C@@H]3COC[C@H]3O)c3c(Nc4ccc5ncsc5c4)ncnc3c2)cn1. The minimum absolute atomic E-state index is 0.251. The zero-order chi connectivity index (χ0) is 22.4. The van der Waals surface area contributed by atoms with E-state index in [1.807, 2.05) is 49.1 Å². The highest BCUT2D eigenvalue weighted by molar-refractivity contribution is 7.16. The van der Waals surface area contributed by atoms with Crippen LogP contribution in [-0.4, -0.2) is 55.3 Å². The maximum Gasteiger partial charge on any atom is 0.150 e. The minimum Gasteiger partial charge on any atom is -0.484 e. The molecule has 2 aromatic carbocycles. The van der Waals surface area contributed by atoms with Gasteiger partial charge in [0.25, 0.3) is 0 Å². The summed E-state index contributed by atoms with van der Waals surface area (Å²) in [5, 5.41) is 18.7. The molecule has 0 saturated carbocycles. The molecule has 33 heavy (non-hydrogen) atoms. The lowest BCUT2D eigenvalue weighted by Crippen LogP contribution is -2.29. The molecule has 9 nitrogen and oxygen atoms in total. The van der Waals surface area contributed by atoms with Crippen LogP contribution in [0.15, 0.2) is 54.6 Å². The highest BCUT2D eigenvalue weighted by Crippen LogP contribution is 2.37. The number of hydrogen-bond acceptors (Lipinski definition) is 9. The molecule has 3 aromatic heterocycles. The van der Waals surface area contributed by atoms with Crippen LogP contribution in [0.2, 0.25) is 0 Å². The van der Waals surface area contributed by atoms with Gasteiger partial charge in [-0.2, -0.15) is 5.10 Å². The Morgan fingerprint density at radius 1 is 1.12 bits per heavy atom. The van der Waals surface area contributed by atoms with Crippen LogP contribution < -0.4 is 10.1 Å². The second-order valence-corrected chi connectivity index (χ2v) is 8.80. The van der Waals surface area contributed by atoms with Crippen molar-refractivity contribution in [2.75, 3.05) is 18.5 Å². The molecule has 6 rings (SSSR count). The van der Waals surface area contributed by atoms with Crippen LogP contribution in [0.4, 0.5) is 11.5 Å². The average Bonchev–Trinajstić information content (AvgIpc) is 3.55. The lowest BCUT2D eigenvalue weighted by molar-refractivity contribution is 0.0743. The Morgan fingerprint density at radius 3 is 2.88 bits per heavy atom. The zero-order valence-electron chi connectivity index (χ0n) is 17.7. The van der Waals surface area contributed by atoms with Gasteiger partial charge in [-0.05, 0) is 35.9 Å². The molecule has 0 unspecified atom stereocenters. The van der Waals surface area contributed by atoms with Gasteiger partial charge in [-0.15, -0.1) is 11.3 Å². The third-order valence-corrected chi connectivity index (χ3v) is 6.40. The van der Waals surface area contributed by atoms with E-state index in [-0.39, 0.29) is 6.61 Å². The second-order valence-electron chi connectivity index (χ2n) is 7.91. The Hall–Kier alpha value is -3.60. The summed E-state index contributed by atoms with van der Waals surface area (Å²) in [6.45, 7) is 0.569. The van der Waals surface area contributed by atoms with Gasteiger partial charge in [-0.1, -0.05) is 0 Å². The van der Waals surface area contributed by atoms with Crippen LogP contribution in [0.3, 0.4) is 0 Å². The molecule has 166 valence electrons. The number of ether oxygens (including phenoxy) is 2. The summed E-state index contributed by atoms with van der Waals surface area (Å²) >= 11 is 1.58. The van der Waals surface area contributed by atoms with Crippen molar-refractivity contribution < 1.29 is 14.6 Å². The fraction of sp³-hybridized carbons (Fsp3) is 0.217. The van der Waals surface area contributed by atoms with Crippen molar-refractivity contribution in [3.63, 3.8) is 0 Å². The van der Waals surface area contributed by atoms with Gasteiger partial charge in [-0.3, -0.25) is 4.68 Å². The molecule has 1 saturated heterocycles. The maximum atomic E-state index is 10.3. The van der Waals surface area contributed by atoms with Gasteiger partial charge in [0.05, 0.1) is 46.0 Å². The Bertz CT molecular complexity index is 1470. The molecule has 1 aliphatic rings. The molecule has 10 heteroatoms. The second kappa shape index (κ2) is 8.07. The Morgan fingerprint density at radius 2 is 2.06 bits per heavy atom. The van der Waals surface area contributed by atoms with Crippen LogP contribution in [0.1, 0.15) is 0 Å². The number of rotatable bonds is 5. The topological polar surface area (TPSA) is 107 Å². The fourth-order valence-corrected chi connectivity index (χ4v) is 4.66. The normalized spacial score (nSPS) is 18.2. The standard InChI is InChI=1S/C23H20N6O3S/c1-29-8-14(7-27-29)13-4-17-22(19(5-13)32-20-10-31-9-18(20)30)23(25-11-24-17)28-15-2-3-16-21(6-15)33-12-26-16/h2-8,11-12,18,20,30H,9-10H2,1H3,(H,24,25,28)/t18-,20-/m1/s1. The van der Waals surface area contributed by atoms with Gasteiger partial charge in [0.2, 0.25) is 0 Å². The van der Waals surface area contributed by atoms with Crippen molar-refractivity contribution in [1.82, 2.24) is 24.7 Å². The van der Waals surface area contributed by atoms with Gasteiger partial charge < -0.3 is 19.9 Å². The van der Waals surface area contributed by atoms with E-state index in [9.17, 15) is 5.11 Å². The Kier molecular flexibility index (Phi) is 4.90. The van der Waals surface area contributed by atoms with Gasteiger partial charge in [0.15, 0.2) is 0 Å². The van der Waals surface area contributed by atoms with Crippen LogP contribution >= 0.6 is 11.3 Å². The van der Waals surface area contributed by atoms with Crippen LogP contribution in [0, 0.1) is 0 Å². The molecule has 0 radical (unpaired) electrons. The van der Waals surface area contributed by atoms with Crippen molar-refractivity contribution in [1.29, 1.82) is 0 Å². The molecule has 1 aliphatic heterocycles. The van der Waals surface area contributed by atoms with Crippen LogP contribution in [0.25, 0.3) is 32.2 Å². The van der Waals surface area contributed by atoms with Gasteiger partial charge in [0, 0.05) is 24.5 Å². The van der Waals surface area contributed by atoms with Crippen LogP contribution in [0.5, 0.6) is 5.75 Å². The van der Waals surface area contributed by atoms with Crippen molar-refractivity contribution in [3.05, 3.63) is 54.6 Å². The minimum atomic E-state index is -0.697. The number of thiazole rings is 1. The van der Waals surface area contributed by atoms with E-state index >= 15 is 0 Å². The first-order chi connectivity index (χ1) is 16.1. The van der Waals surface area contributed by atoms with Crippen molar-refractivity contribution in [2.24, 2.45) is 7.05 Å². The van der Waals surface area contributed by atoms with Crippen LogP contribution in [-0.2, 0) is 11.8 Å². The van der Waals surface area contributed by atoms with E-state index in [0.717, 1.165) is 37.9 Å². The third kappa shape index (κ3) is 3.78. The van der Waals surface area contributed by atoms with Gasteiger partial charge in [-0.25, -0.2) is 15.0 Å². The number of aryl methyl sites for hydroxylation is 1. The predicted molar refractivity (Wildman–Crippen MR) is 126 cm³/mol. The summed E-state index contributed by atoms with van der Waals surface area (Å²) in [4.78, 5) is 13.4. The number of aliphatic hydroxyl groups excluding tert-OH is 1. The Balaban J connectivity index is 1.47. The van der Waals surface area contributed by atoms with Gasteiger partial charge >= 0.3 is 0 Å². The first-order valence-corrected chi connectivity index (χ1v) is 11.3. The number of nitrogens with zero attached hydrogens (tertiary/aromatic N) is 5. The van der Waals surface area contributed by atoms with E-state index in [0.29, 0.717) is 18.2 Å². The highest BCUT2D eigenvalue weighted by atomic mass is 32.1. The number of aromatic nitrogens is 5. The molecule has 0 amide bonds. The molecule has 0 bridgehead atoms. The maximum absolute atomic E-state index is 10.3. The van der Waals surface area contributed by atoms with Gasteiger partial charge in [0.1, 0.15) is 30.1 Å². The number of hydrogen-bond donors (Lipinski definition) is 2. The highest BCUT2D eigenvalue weighted by Gasteiger charge is 2.29. The molecule has 2 atom stereocenters. The summed E-state index contributed by atoms with van der Waals surface area (Å²) in [6, 6.07) is 9.90.